The molecule has 0 fully saturated rings. The second kappa shape index (κ2) is 14.7. The summed E-state index contributed by atoms with van der Waals surface area (Å²) in [5.74, 6) is -1.58. The monoisotopic (exact) mass is 846 g/mol. The standard InChI is InChI=1S/C50H38N8O6/c59-43-23-21-31-11-3-5-15-37(31)45(43)49(63)39-17-7-9-19-41(39)57(47(49)61)29-35-27-55(53-51-35)25-33-13-1-2-14-34(33)26-56-28-36(52-54-56)30-58-42-20-10-8-18-40(42)50(64,48(58)62)46-38-16-6-4-12-32(38)22-24-44(46)60/h1-24,27-28,59-60,63-64H,25-26,29-30H2. The lowest BCUT2D eigenvalue weighted by Crippen LogP contribution is -2.41. The summed E-state index contributed by atoms with van der Waals surface area (Å²) in [5.41, 5.74) is 0.574. The molecule has 14 heteroatoms. The van der Waals surface area contributed by atoms with Crippen LogP contribution in [0.1, 0.15) is 44.8 Å². The Morgan fingerprint density at radius 2 is 0.844 bits per heavy atom. The van der Waals surface area contributed by atoms with Gasteiger partial charge in [0.15, 0.2) is 0 Å². The number of carbonyl (C=O) groups is 2. The van der Waals surface area contributed by atoms with Gasteiger partial charge in [-0.1, -0.05) is 132 Å². The maximum absolute atomic E-state index is 14.4. The molecule has 0 bridgehead atoms. The predicted octanol–water partition coefficient (Wildman–Crippen LogP) is 6.25. The summed E-state index contributed by atoms with van der Waals surface area (Å²) >= 11 is 0. The van der Waals surface area contributed by atoms with E-state index in [1.165, 1.54) is 21.9 Å². The highest BCUT2D eigenvalue weighted by molar-refractivity contribution is 6.13. The molecule has 0 radical (unpaired) electrons. The Morgan fingerprint density at radius 1 is 0.453 bits per heavy atom. The summed E-state index contributed by atoms with van der Waals surface area (Å²) in [6.07, 6.45) is 3.52. The van der Waals surface area contributed by atoms with Crippen molar-refractivity contribution in [2.24, 2.45) is 0 Å². The lowest BCUT2D eigenvalue weighted by atomic mass is 9.84. The number of carbonyl (C=O) groups excluding carboxylic acids is 2. The number of hydrogen-bond acceptors (Lipinski definition) is 10. The van der Waals surface area contributed by atoms with Gasteiger partial charge in [-0.3, -0.25) is 9.59 Å². The summed E-state index contributed by atoms with van der Waals surface area (Å²) in [4.78, 5) is 31.7. The van der Waals surface area contributed by atoms with Crippen LogP contribution in [0.2, 0.25) is 0 Å². The number of anilines is 2. The Morgan fingerprint density at radius 3 is 1.30 bits per heavy atom. The Hall–Kier alpha value is -8.20. The molecular weight excluding hydrogens is 809 g/mol. The molecular formula is C50H38N8O6. The summed E-state index contributed by atoms with van der Waals surface area (Å²) < 4.78 is 3.36. The highest BCUT2D eigenvalue weighted by atomic mass is 16.3. The van der Waals surface area contributed by atoms with Gasteiger partial charge in [0.25, 0.3) is 11.8 Å². The van der Waals surface area contributed by atoms with Crippen LogP contribution in [0.15, 0.2) is 158 Å². The fourth-order valence-corrected chi connectivity index (χ4v) is 9.46. The molecule has 2 unspecified atom stereocenters. The lowest BCUT2D eigenvalue weighted by molar-refractivity contribution is -0.132. The van der Waals surface area contributed by atoms with Gasteiger partial charge < -0.3 is 30.2 Å². The quantitative estimate of drug-likeness (QED) is 0.123. The number of aromatic nitrogens is 6. The number of aliphatic hydroxyl groups is 2. The Balaban J connectivity index is 0.818. The van der Waals surface area contributed by atoms with E-state index < -0.39 is 23.0 Å². The summed E-state index contributed by atoms with van der Waals surface area (Å²) in [7, 11) is 0. The van der Waals surface area contributed by atoms with Gasteiger partial charge in [-0.25, -0.2) is 9.36 Å². The molecule has 314 valence electrons. The zero-order chi connectivity index (χ0) is 43.7. The van der Waals surface area contributed by atoms with Crippen LogP contribution >= 0.6 is 0 Å². The molecule has 7 aromatic carbocycles. The number of benzene rings is 7. The first-order chi connectivity index (χ1) is 31.1. The number of aromatic hydroxyl groups is 2. The van der Waals surface area contributed by atoms with Gasteiger partial charge in [0, 0.05) is 22.3 Å². The third kappa shape index (κ3) is 5.95. The van der Waals surface area contributed by atoms with Gasteiger partial charge in [0.2, 0.25) is 11.2 Å². The van der Waals surface area contributed by atoms with Crippen molar-refractivity contribution in [3.8, 4) is 11.5 Å². The van der Waals surface area contributed by atoms with Crippen molar-refractivity contribution in [3.05, 3.63) is 203 Å². The van der Waals surface area contributed by atoms with E-state index in [1.807, 2.05) is 48.5 Å². The zero-order valence-electron chi connectivity index (χ0n) is 34.0. The third-order valence-electron chi connectivity index (χ3n) is 12.4. The van der Waals surface area contributed by atoms with Crippen molar-refractivity contribution in [1.82, 2.24) is 30.0 Å². The number of phenols is 2. The highest BCUT2D eigenvalue weighted by Gasteiger charge is 2.54. The van der Waals surface area contributed by atoms with Crippen LogP contribution in [0, 0.1) is 0 Å². The van der Waals surface area contributed by atoms with E-state index in [9.17, 15) is 30.0 Å². The van der Waals surface area contributed by atoms with Crippen LogP contribution in [0.5, 0.6) is 11.5 Å². The highest BCUT2D eigenvalue weighted by Crippen LogP contribution is 2.51. The maximum atomic E-state index is 14.4. The molecule has 2 aliphatic rings. The number of phenolic OH excluding ortho intramolecular Hbond substituents is 2. The fourth-order valence-electron chi connectivity index (χ4n) is 9.46. The molecule has 0 saturated carbocycles. The van der Waals surface area contributed by atoms with E-state index in [2.05, 4.69) is 20.6 Å². The van der Waals surface area contributed by atoms with Gasteiger partial charge >= 0.3 is 0 Å². The average molecular weight is 847 g/mol. The van der Waals surface area contributed by atoms with Crippen molar-refractivity contribution < 1.29 is 30.0 Å². The molecule has 0 aliphatic carbocycles. The van der Waals surface area contributed by atoms with Crippen molar-refractivity contribution in [2.75, 3.05) is 9.80 Å². The van der Waals surface area contributed by atoms with E-state index in [1.54, 1.807) is 107 Å². The maximum Gasteiger partial charge on any atom is 0.269 e. The van der Waals surface area contributed by atoms with E-state index in [4.69, 9.17) is 0 Å². The van der Waals surface area contributed by atoms with Crippen LogP contribution in [-0.2, 0) is 47.0 Å². The first kappa shape index (κ1) is 38.7. The molecule has 2 amide bonds. The molecule has 2 aliphatic heterocycles. The van der Waals surface area contributed by atoms with Gasteiger partial charge in [-0.05, 0) is 56.9 Å². The predicted molar refractivity (Wildman–Crippen MR) is 237 cm³/mol. The second-order valence-electron chi connectivity index (χ2n) is 16.2. The molecule has 9 aromatic rings. The van der Waals surface area contributed by atoms with E-state index in [0.717, 1.165) is 21.9 Å². The minimum Gasteiger partial charge on any atom is -0.508 e. The van der Waals surface area contributed by atoms with Crippen LogP contribution in [0.25, 0.3) is 21.5 Å². The number of nitrogens with zero attached hydrogens (tertiary/aromatic N) is 8. The third-order valence-corrected chi connectivity index (χ3v) is 12.4. The van der Waals surface area contributed by atoms with E-state index in [0.29, 0.717) is 57.8 Å². The number of rotatable bonds is 10. The van der Waals surface area contributed by atoms with Crippen LogP contribution in [-0.4, -0.2) is 62.2 Å². The zero-order valence-corrected chi connectivity index (χ0v) is 34.0. The number of fused-ring (bicyclic) bond motifs is 4. The average Bonchev–Trinajstić information content (AvgIpc) is 4.06. The van der Waals surface area contributed by atoms with Gasteiger partial charge in [0.05, 0.1) is 49.9 Å². The minimum atomic E-state index is -2.14. The molecule has 0 saturated heterocycles. The smallest absolute Gasteiger partial charge is 0.269 e. The fraction of sp³-hybridized carbons (Fsp3) is 0.120. The van der Waals surface area contributed by atoms with Crippen molar-refractivity contribution in [3.63, 3.8) is 0 Å². The van der Waals surface area contributed by atoms with Crippen LogP contribution in [0.3, 0.4) is 0 Å². The summed E-state index contributed by atoms with van der Waals surface area (Å²) in [5, 5.41) is 67.2. The molecule has 64 heavy (non-hydrogen) atoms. The van der Waals surface area contributed by atoms with Crippen LogP contribution < -0.4 is 9.80 Å². The minimum absolute atomic E-state index is 0.0254. The van der Waals surface area contributed by atoms with Gasteiger partial charge in [-0.2, -0.15) is 0 Å². The van der Waals surface area contributed by atoms with Crippen molar-refractivity contribution in [1.29, 1.82) is 0 Å². The molecule has 0 spiro atoms. The second-order valence-corrected chi connectivity index (χ2v) is 16.2. The SMILES string of the molecule is O=C1N(Cc2cn(Cc3ccccc3Cn3cc(CN4C(=O)C(O)(c5c(O)ccc6ccccc56)c5ccccc54)nn3)nn2)c2ccccc2C1(O)c1c(O)ccc2ccccc12. The molecule has 14 nitrogen and oxygen atoms in total. The Bertz CT molecular complexity index is 3130. The summed E-state index contributed by atoms with van der Waals surface area (Å²) in [6.45, 7) is 0.749. The molecule has 11 rings (SSSR count). The van der Waals surface area contributed by atoms with Crippen molar-refractivity contribution in [2.45, 2.75) is 37.4 Å². The largest absolute Gasteiger partial charge is 0.508 e. The number of amides is 2. The lowest BCUT2D eigenvalue weighted by Gasteiger charge is -2.25. The molecule has 4 N–H and O–H groups in total. The molecule has 4 heterocycles. The topological polar surface area (TPSA) is 183 Å². The molecule has 2 atom stereocenters. The Labute approximate surface area is 365 Å². The first-order valence-corrected chi connectivity index (χ1v) is 20.7. The van der Waals surface area contributed by atoms with Crippen LogP contribution in [0.4, 0.5) is 11.4 Å². The normalized spacial score (nSPS) is 18.0. The van der Waals surface area contributed by atoms with E-state index >= 15 is 0 Å². The number of para-hydroxylation sites is 2. The van der Waals surface area contributed by atoms with Crippen molar-refractivity contribution >= 4 is 44.7 Å². The van der Waals surface area contributed by atoms with Gasteiger partial charge in [-0.15, -0.1) is 10.2 Å². The summed E-state index contributed by atoms with van der Waals surface area (Å²) in [6, 6.07) is 43.0. The first-order valence-electron chi connectivity index (χ1n) is 20.7. The van der Waals surface area contributed by atoms with E-state index in [-0.39, 0.29) is 35.7 Å². The van der Waals surface area contributed by atoms with Gasteiger partial charge in [0.1, 0.15) is 22.9 Å². The Kier molecular flexibility index (Phi) is 8.90. The molecule has 2 aromatic heterocycles. The number of hydrogen-bond donors (Lipinski definition) is 4.